The van der Waals surface area contributed by atoms with E-state index < -0.39 is 131 Å². The van der Waals surface area contributed by atoms with Gasteiger partial charge in [-0.05, 0) is 84.9 Å². The normalized spacial score (nSPS) is 23.0. The van der Waals surface area contributed by atoms with Crippen LogP contribution in [0.2, 0.25) is 10.1 Å². The fraction of sp³-hybridized carbons (Fsp3) is 0.293. The Labute approximate surface area is 591 Å². The number of rotatable bonds is 26. The smallest absolute Gasteiger partial charge is 0.338 e. The van der Waals surface area contributed by atoms with Crippen LogP contribution in [0.4, 0.5) is 0 Å². The molecule has 1 N–H and O–H groups in total. The lowest BCUT2D eigenvalue weighted by molar-refractivity contribution is -0.229. The minimum Gasteiger partial charge on any atom is -0.452 e. The molecule has 3 aliphatic rings. The average Bonchev–Trinajstić information content (AvgIpc) is 1.76. The molecule has 0 radical (unpaired) electrons. The Hall–Kier alpha value is -9.07. The van der Waals surface area contributed by atoms with Crippen molar-refractivity contribution in [3.8, 4) is 0 Å². The van der Waals surface area contributed by atoms with Crippen LogP contribution in [0.15, 0.2) is 273 Å². The predicted molar refractivity (Wildman–Crippen MR) is 384 cm³/mol. The monoisotopic (exact) mass is 1400 g/mol. The number of esters is 4. The number of carbonyl (C=O) groups is 4. The number of ether oxygens (including phenoxy) is 10. The lowest BCUT2D eigenvalue weighted by atomic mass is 10.1. The lowest BCUT2D eigenvalue weighted by Gasteiger charge is -2.43. The zero-order chi connectivity index (χ0) is 70.6. The van der Waals surface area contributed by atoms with Crippen molar-refractivity contribution in [1.29, 1.82) is 0 Å². The average molecular weight is 1400 g/mol. The van der Waals surface area contributed by atoms with Gasteiger partial charge >= 0.3 is 23.9 Å². The van der Waals surface area contributed by atoms with E-state index >= 15 is 0 Å². The summed E-state index contributed by atoms with van der Waals surface area (Å²) >= 11 is 0. The molecule has 9 aromatic rings. The molecule has 3 fully saturated rings. The summed E-state index contributed by atoms with van der Waals surface area (Å²) < 4.78 is 82.2. The van der Waals surface area contributed by atoms with Crippen molar-refractivity contribution < 1.29 is 80.5 Å². The summed E-state index contributed by atoms with van der Waals surface area (Å²) in [6.07, 6.45) is -17.0. The molecular weight excluding hydrogens is 1310 g/mol. The maximum Gasteiger partial charge on any atom is 0.338 e. The molecule has 0 amide bonds. The van der Waals surface area contributed by atoms with Crippen LogP contribution in [0.5, 0.6) is 0 Å². The largest absolute Gasteiger partial charge is 0.452 e. The molecule has 12 rings (SSSR count). The van der Waals surface area contributed by atoms with Gasteiger partial charge in [0.1, 0.15) is 30.5 Å². The van der Waals surface area contributed by atoms with Crippen molar-refractivity contribution in [3.05, 3.63) is 301 Å². The number of carbonyl (C=O) groups excluding carboxylic acids is 4. The Kier molecular flexibility index (Phi) is 22.9. The molecule has 101 heavy (non-hydrogen) atoms. The van der Waals surface area contributed by atoms with E-state index in [0.29, 0.717) is 0 Å². The van der Waals surface area contributed by atoms with E-state index in [2.05, 4.69) is 90.1 Å². The highest BCUT2D eigenvalue weighted by Gasteiger charge is 2.59. The van der Waals surface area contributed by atoms with Gasteiger partial charge in [-0.15, -0.1) is 0 Å². The van der Waals surface area contributed by atoms with Gasteiger partial charge in [0.15, 0.2) is 43.3 Å². The summed E-state index contributed by atoms with van der Waals surface area (Å²) in [7, 11) is -6.72. The van der Waals surface area contributed by atoms with Gasteiger partial charge < -0.3 is 61.3 Å². The van der Waals surface area contributed by atoms with E-state index in [-0.39, 0.29) is 42.1 Å². The Morgan fingerprint density at radius 3 is 0.960 bits per heavy atom. The second-order valence-electron chi connectivity index (χ2n) is 27.2. The molecule has 522 valence electrons. The fourth-order valence-corrected chi connectivity index (χ4v) is 22.9. The highest BCUT2D eigenvalue weighted by atomic mass is 28.4. The van der Waals surface area contributed by atoms with Crippen LogP contribution in [-0.4, -0.2) is 139 Å². The number of hydrogen-bond acceptors (Lipinski definition) is 17. The van der Waals surface area contributed by atoms with Gasteiger partial charge in [-0.3, -0.25) is 0 Å². The Morgan fingerprint density at radius 1 is 0.337 bits per heavy atom. The quantitative estimate of drug-likeness (QED) is 0.0305. The Bertz CT molecular complexity index is 4040. The summed E-state index contributed by atoms with van der Waals surface area (Å²) in [5, 5.41) is 15.1. The van der Waals surface area contributed by atoms with Gasteiger partial charge in [0, 0.05) is 0 Å². The standard InChI is InChI=1S/C82H84O17Si2/c1-81(2,3)100(61-44-26-12-27-45-61,62-46-28-13-29-47-62)90-54-66-69(95-74(83)57-36-18-8-19-37-57)72(97-76(85)59-40-22-10-23-41-59)79(93-66)89-53-65-68(71(78(87)92-65)88-52-56-34-16-7-17-35-56)99-80-73(98-77(86)60-42-24-11-25-43-60)70(96-75(84)58-38-20-9-21-39-58)67(94-80)55-91-101(82(4,5)6,63-48-30-14-31-49-63)64-50-32-15-33-51-64/h7-51,65-73,78-80,87H,52-55H2,1-6H3/t65-,66-,67-,68-,69-,70-,71+,72+,73+,78+,79+,80-/m1/s1. The molecule has 0 unspecified atom stereocenters. The van der Waals surface area contributed by atoms with Crippen LogP contribution < -0.4 is 20.7 Å². The van der Waals surface area contributed by atoms with Crippen molar-refractivity contribution in [2.24, 2.45) is 0 Å². The highest BCUT2D eigenvalue weighted by molar-refractivity contribution is 7.00. The molecule has 3 saturated heterocycles. The molecule has 0 spiro atoms. The maximum absolute atomic E-state index is 14.7. The molecular formula is C82H84O17Si2. The molecule has 17 nitrogen and oxygen atoms in total. The molecule has 0 saturated carbocycles. The fourth-order valence-electron chi connectivity index (χ4n) is 13.7. The van der Waals surface area contributed by atoms with Crippen LogP contribution in [-0.2, 0) is 62.8 Å². The third-order valence-corrected chi connectivity index (χ3v) is 28.6. The van der Waals surface area contributed by atoms with E-state index in [4.69, 9.17) is 56.2 Å². The second-order valence-corrected chi connectivity index (χ2v) is 35.8. The number of aliphatic hydroxyl groups excluding tert-OH is 1. The van der Waals surface area contributed by atoms with E-state index in [1.165, 1.54) is 0 Å². The van der Waals surface area contributed by atoms with Gasteiger partial charge in [-0.1, -0.05) is 266 Å². The van der Waals surface area contributed by atoms with Crippen LogP contribution in [0.25, 0.3) is 0 Å². The van der Waals surface area contributed by atoms with Gasteiger partial charge in [0.05, 0.1) is 48.7 Å². The molecule has 3 aliphatic heterocycles. The van der Waals surface area contributed by atoms with Crippen LogP contribution in [0.3, 0.4) is 0 Å². The summed E-state index contributed by atoms with van der Waals surface area (Å²) in [5.41, 5.74) is 1.57. The van der Waals surface area contributed by atoms with Gasteiger partial charge in [0.2, 0.25) is 0 Å². The van der Waals surface area contributed by atoms with E-state index in [1.807, 2.05) is 103 Å². The third kappa shape index (κ3) is 16.2. The first-order valence-electron chi connectivity index (χ1n) is 34.0. The molecule has 0 bridgehead atoms. The molecule has 0 aromatic heterocycles. The summed E-state index contributed by atoms with van der Waals surface area (Å²) in [4.78, 5) is 58.4. The van der Waals surface area contributed by atoms with Crippen LogP contribution in [0.1, 0.15) is 88.5 Å². The maximum atomic E-state index is 14.7. The van der Waals surface area contributed by atoms with E-state index in [9.17, 15) is 24.3 Å². The first-order valence-corrected chi connectivity index (χ1v) is 37.8. The number of benzene rings is 9. The van der Waals surface area contributed by atoms with E-state index in [1.54, 1.807) is 121 Å². The highest BCUT2D eigenvalue weighted by Crippen LogP contribution is 2.42. The Balaban J connectivity index is 0.928. The van der Waals surface area contributed by atoms with Crippen molar-refractivity contribution in [1.82, 2.24) is 0 Å². The molecule has 19 heteroatoms. The number of hydrogen-bond donors (Lipinski definition) is 1. The second kappa shape index (κ2) is 32.3. The van der Waals surface area contributed by atoms with Crippen molar-refractivity contribution in [2.45, 2.75) is 132 Å². The van der Waals surface area contributed by atoms with Gasteiger partial charge in [-0.25, -0.2) is 19.2 Å². The lowest BCUT2D eigenvalue weighted by Crippen LogP contribution is -2.67. The van der Waals surface area contributed by atoms with Crippen molar-refractivity contribution in [2.75, 3.05) is 19.8 Å². The summed E-state index contributed by atoms with van der Waals surface area (Å²) in [6.45, 7) is 11.9. The van der Waals surface area contributed by atoms with Crippen molar-refractivity contribution >= 4 is 61.3 Å². The van der Waals surface area contributed by atoms with E-state index in [0.717, 1.165) is 26.3 Å². The summed E-state index contributed by atoms with van der Waals surface area (Å²) in [5.74, 6) is -3.02. The van der Waals surface area contributed by atoms with Crippen LogP contribution >= 0.6 is 0 Å². The summed E-state index contributed by atoms with van der Waals surface area (Å²) in [6, 6.07) is 83.0. The minimum absolute atomic E-state index is 0.0334. The molecule has 0 aliphatic carbocycles. The number of aliphatic hydroxyl groups is 1. The van der Waals surface area contributed by atoms with Crippen LogP contribution in [0, 0.1) is 0 Å². The van der Waals surface area contributed by atoms with Gasteiger partial charge in [-0.2, -0.15) is 0 Å². The molecule has 9 aromatic carbocycles. The third-order valence-electron chi connectivity index (χ3n) is 18.6. The minimum atomic E-state index is -3.37. The zero-order valence-electron chi connectivity index (χ0n) is 57.2. The first kappa shape index (κ1) is 71.7. The molecule has 12 atom stereocenters. The van der Waals surface area contributed by atoms with Crippen molar-refractivity contribution in [3.63, 3.8) is 0 Å². The molecule has 3 heterocycles. The predicted octanol–water partition coefficient (Wildman–Crippen LogP) is 11.2. The topological polar surface area (TPSA) is 199 Å². The first-order chi connectivity index (χ1) is 48.9. The SMILES string of the molecule is CC(C)(C)[Si](OC[C@H]1O[C@H](OC[C@H]2O[C@H](O)[C@@H](OCc3ccccc3)[C@@H]2O[C@H]2O[C@H](CO[Si](c3ccccc3)(c3ccccc3)C(C)(C)C)[C@@H](OC(=O)c3ccccc3)[C@@H]2OC(=O)c2ccccc2)[C@@H](OC(=O)c2ccccc2)[C@@H]1OC(=O)c1ccccc1)(c1ccccc1)c1ccccc1. The zero-order valence-corrected chi connectivity index (χ0v) is 59.2. The van der Waals surface area contributed by atoms with Gasteiger partial charge in [0.25, 0.3) is 16.6 Å². The Morgan fingerprint density at radius 2 is 0.624 bits per heavy atom.